The molecular weight excluding hydrogens is 351 g/mol. The second kappa shape index (κ2) is 9.52. The number of aromatic nitrogens is 2. The number of aryl methyl sites for hydroxylation is 1. The highest BCUT2D eigenvalue weighted by Crippen LogP contribution is 2.29. The van der Waals surface area contributed by atoms with Crippen LogP contribution in [0.3, 0.4) is 0 Å². The standard InChI is InChI=1S/C15H19N2O5PS/c1-24-13(7-9-17-10-8-14(18)16-15(17)19)11-21-23(20)22-12-5-3-2-4-6-12/h2-6,8,10,13,23H,7,9,11H2,1H3,(H,16,18,19). The van der Waals surface area contributed by atoms with E-state index in [1.54, 1.807) is 36.0 Å². The fourth-order valence-corrected chi connectivity index (χ4v) is 3.34. The Morgan fingerprint density at radius 2 is 2.00 bits per heavy atom. The van der Waals surface area contributed by atoms with Crippen molar-refractivity contribution in [3.05, 3.63) is 63.4 Å². The summed E-state index contributed by atoms with van der Waals surface area (Å²) in [5, 5.41) is 0.0529. The Labute approximate surface area is 144 Å². The third-order valence-electron chi connectivity index (χ3n) is 3.25. The first kappa shape index (κ1) is 18.6. The average Bonchev–Trinajstić information content (AvgIpc) is 2.57. The molecule has 0 spiro atoms. The van der Waals surface area contributed by atoms with Gasteiger partial charge in [0.15, 0.2) is 0 Å². The lowest BCUT2D eigenvalue weighted by Crippen LogP contribution is -2.29. The van der Waals surface area contributed by atoms with Crippen molar-refractivity contribution in [1.29, 1.82) is 0 Å². The highest BCUT2D eigenvalue weighted by molar-refractivity contribution is 7.99. The third kappa shape index (κ3) is 6.03. The number of benzene rings is 1. The number of rotatable bonds is 9. The molecule has 1 heterocycles. The number of hydrogen-bond donors (Lipinski definition) is 1. The molecule has 0 aliphatic carbocycles. The summed E-state index contributed by atoms with van der Waals surface area (Å²) in [5.74, 6) is 0.502. The molecule has 2 atom stereocenters. The lowest BCUT2D eigenvalue weighted by molar-refractivity contribution is 0.281. The van der Waals surface area contributed by atoms with E-state index in [0.29, 0.717) is 18.7 Å². The molecule has 7 nitrogen and oxygen atoms in total. The zero-order chi connectivity index (χ0) is 17.4. The van der Waals surface area contributed by atoms with E-state index in [1.807, 2.05) is 12.3 Å². The zero-order valence-corrected chi connectivity index (χ0v) is 15.0. The van der Waals surface area contributed by atoms with Crippen molar-refractivity contribution >= 4 is 20.0 Å². The van der Waals surface area contributed by atoms with Crippen molar-refractivity contribution in [3.8, 4) is 5.75 Å². The van der Waals surface area contributed by atoms with Gasteiger partial charge in [0.25, 0.3) is 5.56 Å². The van der Waals surface area contributed by atoms with Crippen LogP contribution < -0.4 is 15.8 Å². The lowest BCUT2D eigenvalue weighted by atomic mass is 10.3. The largest absolute Gasteiger partial charge is 0.426 e. The fraction of sp³-hybridized carbons (Fsp3) is 0.333. The van der Waals surface area contributed by atoms with E-state index < -0.39 is 19.5 Å². The van der Waals surface area contributed by atoms with Crippen molar-refractivity contribution in [1.82, 2.24) is 9.55 Å². The summed E-state index contributed by atoms with van der Waals surface area (Å²) < 4.78 is 23.8. The van der Waals surface area contributed by atoms with Crippen LogP contribution in [0.4, 0.5) is 0 Å². The minimum atomic E-state index is -2.62. The minimum absolute atomic E-state index is 0.0529. The van der Waals surface area contributed by atoms with E-state index in [1.165, 1.54) is 16.8 Å². The molecule has 2 rings (SSSR count). The van der Waals surface area contributed by atoms with Crippen LogP contribution >= 0.6 is 20.0 Å². The second-order valence-electron chi connectivity index (χ2n) is 4.93. The Balaban J connectivity index is 1.80. The Kier molecular flexibility index (Phi) is 7.36. The van der Waals surface area contributed by atoms with Gasteiger partial charge in [0, 0.05) is 24.1 Å². The van der Waals surface area contributed by atoms with E-state index in [4.69, 9.17) is 9.05 Å². The number of para-hydroxylation sites is 1. The number of thioether (sulfide) groups is 1. The SMILES string of the molecule is CSC(CCn1ccc(=O)[nH]c1=O)CO[PH](=O)Oc1ccccc1. The first-order valence-corrected chi connectivity index (χ1v) is 9.82. The van der Waals surface area contributed by atoms with Crippen LogP contribution in [-0.4, -0.2) is 27.7 Å². The predicted octanol–water partition coefficient (Wildman–Crippen LogP) is 2.14. The van der Waals surface area contributed by atoms with Crippen LogP contribution in [0.1, 0.15) is 6.42 Å². The first-order chi connectivity index (χ1) is 11.6. The van der Waals surface area contributed by atoms with Gasteiger partial charge < -0.3 is 13.6 Å². The summed E-state index contributed by atoms with van der Waals surface area (Å²) in [6.07, 6.45) is 4.01. The van der Waals surface area contributed by atoms with Gasteiger partial charge in [-0.3, -0.25) is 9.78 Å². The second-order valence-corrected chi connectivity index (χ2v) is 7.06. The van der Waals surface area contributed by atoms with Crippen LogP contribution in [0.2, 0.25) is 0 Å². The highest BCUT2D eigenvalue weighted by atomic mass is 32.2. The van der Waals surface area contributed by atoms with Gasteiger partial charge in [0.1, 0.15) is 5.75 Å². The summed E-state index contributed by atoms with van der Waals surface area (Å²) in [6.45, 7) is 0.689. The molecule has 0 fully saturated rings. The molecule has 1 aromatic carbocycles. The number of aromatic amines is 1. The summed E-state index contributed by atoms with van der Waals surface area (Å²) >= 11 is 1.56. The lowest BCUT2D eigenvalue weighted by Gasteiger charge is -2.15. The maximum atomic E-state index is 11.8. The van der Waals surface area contributed by atoms with Crippen molar-refractivity contribution in [3.63, 3.8) is 0 Å². The number of nitrogens with zero attached hydrogens (tertiary/aromatic N) is 1. The molecule has 130 valence electrons. The molecule has 0 aliphatic rings. The molecule has 0 amide bonds. The van der Waals surface area contributed by atoms with Crippen molar-refractivity contribution < 1.29 is 13.6 Å². The van der Waals surface area contributed by atoms with Crippen LogP contribution in [-0.2, 0) is 15.6 Å². The van der Waals surface area contributed by atoms with Gasteiger partial charge in [-0.1, -0.05) is 18.2 Å². The first-order valence-electron chi connectivity index (χ1n) is 7.30. The molecule has 1 N–H and O–H groups in total. The molecule has 9 heteroatoms. The van der Waals surface area contributed by atoms with Gasteiger partial charge in [-0.05, 0) is 24.8 Å². The molecule has 0 aliphatic heterocycles. The molecule has 24 heavy (non-hydrogen) atoms. The number of hydrogen-bond acceptors (Lipinski definition) is 6. The predicted molar refractivity (Wildman–Crippen MR) is 95.3 cm³/mol. The zero-order valence-electron chi connectivity index (χ0n) is 13.1. The van der Waals surface area contributed by atoms with Crippen LogP contribution in [0, 0.1) is 0 Å². The smallest absolute Gasteiger partial charge is 0.367 e. The van der Waals surface area contributed by atoms with Gasteiger partial charge in [0.2, 0.25) is 0 Å². The molecular formula is C15H19N2O5PS. The van der Waals surface area contributed by atoms with Crippen molar-refractivity contribution in [2.45, 2.75) is 18.2 Å². The Morgan fingerprint density at radius 1 is 1.25 bits per heavy atom. The highest BCUT2D eigenvalue weighted by Gasteiger charge is 2.11. The molecule has 0 saturated heterocycles. The topological polar surface area (TPSA) is 90.4 Å². The summed E-state index contributed by atoms with van der Waals surface area (Å²) in [6, 6.07) is 10.1. The van der Waals surface area contributed by atoms with Gasteiger partial charge in [0.05, 0.1) is 6.61 Å². The molecule has 0 radical (unpaired) electrons. The molecule has 2 aromatic rings. The monoisotopic (exact) mass is 370 g/mol. The average molecular weight is 370 g/mol. The van der Waals surface area contributed by atoms with Gasteiger partial charge in [-0.25, -0.2) is 9.36 Å². The van der Waals surface area contributed by atoms with Gasteiger partial charge in [-0.2, -0.15) is 11.8 Å². The summed E-state index contributed by atoms with van der Waals surface area (Å²) in [7, 11) is -2.62. The van der Waals surface area contributed by atoms with Crippen molar-refractivity contribution in [2.24, 2.45) is 0 Å². The third-order valence-corrected chi connectivity index (χ3v) is 5.10. The molecule has 1 aromatic heterocycles. The van der Waals surface area contributed by atoms with E-state index in [0.717, 1.165) is 0 Å². The van der Waals surface area contributed by atoms with E-state index >= 15 is 0 Å². The maximum absolute atomic E-state index is 11.8. The number of nitrogens with one attached hydrogen (secondary N) is 1. The molecule has 0 saturated carbocycles. The Hall–Kier alpha value is -1.76. The molecule has 0 bridgehead atoms. The van der Waals surface area contributed by atoms with Gasteiger partial charge >= 0.3 is 13.9 Å². The summed E-state index contributed by atoms with van der Waals surface area (Å²) in [5.41, 5.74) is -0.859. The normalized spacial score (nSPS) is 13.4. The van der Waals surface area contributed by atoms with Crippen LogP contribution in [0.15, 0.2) is 52.2 Å². The number of H-pyrrole nitrogens is 1. The van der Waals surface area contributed by atoms with E-state index in [-0.39, 0.29) is 11.9 Å². The Morgan fingerprint density at radius 3 is 2.67 bits per heavy atom. The minimum Gasteiger partial charge on any atom is -0.426 e. The summed E-state index contributed by atoms with van der Waals surface area (Å²) in [4.78, 5) is 24.8. The van der Waals surface area contributed by atoms with E-state index in [2.05, 4.69) is 4.98 Å². The maximum Gasteiger partial charge on any atom is 0.367 e. The molecule has 2 unspecified atom stereocenters. The van der Waals surface area contributed by atoms with E-state index in [9.17, 15) is 14.2 Å². The van der Waals surface area contributed by atoms with Crippen LogP contribution in [0.5, 0.6) is 5.75 Å². The Bertz CT molecular complexity index is 777. The fourth-order valence-electron chi connectivity index (χ4n) is 1.95. The quantitative estimate of drug-likeness (QED) is 0.680. The van der Waals surface area contributed by atoms with Crippen LogP contribution in [0.25, 0.3) is 0 Å². The van der Waals surface area contributed by atoms with Gasteiger partial charge in [-0.15, -0.1) is 0 Å². The van der Waals surface area contributed by atoms with Crippen molar-refractivity contribution in [2.75, 3.05) is 12.9 Å².